The third-order valence-electron chi connectivity index (χ3n) is 5.04. The van der Waals surface area contributed by atoms with Crippen molar-refractivity contribution in [2.75, 3.05) is 26.2 Å². The minimum atomic E-state index is 0. The predicted molar refractivity (Wildman–Crippen MR) is 121 cm³/mol. The number of hydrogen-bond acceptors (Lipinski definition) is 5. The van der Waals surface area contributed by atoms with Crippen molar-refractivity contribution in [1.29, 1.82) is 0 Å². The molecule has 0 radical (unpaired) electrons. The molecule has 1 saturated heterocycles. The Balaban J connectivity index is 0.00000280. The number of rotatable bonds is 9. The van der Waals surface area contributed by atoms with Crippen LogP contribution in [0, 0.1) is 0 Å². The molecular formula is C19H32IN7O. The average molecular weight is 501 g/mol. The molecule has 0 spiro atoms. The second-order valence-electron chi connectivity index (χ2n) is 6.77. The maximum absolute atomic E-state index is 5.40. The minimum Gasteiger partial charge on any atom is -0.467 e. The number of aryl methyl sites for hydroxylation is 1. The molecule has 3 rings (SSSR count). The monoisotopic (exact) mass is 501 g/mol. The number of aromatic nitrogens is 3. The van der Waals surface area contributed by atoms with Gasteiger partial charge in [-0.25, -0.2) is 4.99 Å². The Morgan fingerprint density at radius 1 is 1.36 bits per heavy atom. The van der Waals surface area contributed by atoms with Gasteiger partial charge in [0.1, 0.15) is 24.5 Å². The molecule has 3 heterocycles. The molecule has 28 heavy (non-hydrogen) atoms. The number of nitrogens with one attached hydrogen (secondary N) is 2. The quantitative estimate of drug-likeness (QED) is 0.312. The van der Waals surface area contributed by atoms with Crippen LogP contribution in [0.3, 0.4) is 0 Å². The van der Waals surface area contributed by atoms with Crippen molar-refractivity contribution in [1.82, 2.24) is 30.3 Å². The van der Waals surface area contributed by atoms with Crippen LogP contribution >= 0.6 is 24.0 Å². The fraction of sp³-hybridized carbons (Fsp3) is 0.632. The highest BCUT2D eigenvalue weighted by atomic mass is 127. The van der Waals surface area contributed by atoms with E-state index in [2.05, 4.69) is 49.1 Å². The Morgan fingerprint density at radius 3 is 3.00 bits per heavy atom. The lowest BCUT2D eigenvalue weighted by atomic mass is 10.2. The maximum atomic E-state index is 5.40. The summed E-state index contributed by atoms with van der Waals surface area (Å²) >= 11 is 0. The number of likely N-dealkylation sites (N-methyl/N-ethyl adjacent to an activating group) is 1. The third kappa shape index (κ3) is 6.47. The number of hydrogen-bond donors (Lipinski definition) is 2. The van der Waals surface area contributed by atoms with Crippen LogP contribution in [0.5, 0.6) is 0 Å². The lowest BCUT2D eigenvalue weighted by Crippen LogP contribution is -2.45. The van der Waals surface area contributed by atoms with Crippen molar-refractivity contribution in [2.24, 2.45) is 4.99 Å². The fourth-order valence-corrected chi connectivity index (χ4v) is 3.53. The number of furan rings is 1. The summed E-state index contributed by atoms with van der Waals surface area (Å²) < 4.78 is 7.47. The van der Waals surface area contributed by atoms with E-state index in [-0.39, 0.29) is 24.0 Å². The minimum absolute atomic E-state index is 0. The largest absolute Gasteiger partial charge is 0.467 e. The van der Waals surface area contributed by atoms with Crippen LogP contribution in [-0.2, 0) is 19.5 Å². The van der Waals surface area contributed by atoms with Crippen molar-refractivity contribution >= 4 is 29.9 Å². The molecule has 0 amide bonds. The number of likely N-dealkylation sites (tertiary alicyclic amines) is 1. The second-order valence-corrected chi connectivity index (χ2v) is 6.77. The summed E-state index contributed by atoms with van der Waals surface area (Å²) in [5.41, 5.74) is 0. The Bertz CT molecular complexity index is 701. The molecule has 0 aromatic carbocycles. The van der Waals surface area contributed by atoms with Gasteiger partial charge in [-0.1, -0.05) is 13.8 Å². The average Bonchev–Trinajstić information content (AvgIpc) is 3.44. The van der Waals surface area contributed by atoms with E-state index in [0.29, 0.717) is 12.6 Å². The Kier molecular flexibility index (Phi) is 9.76. The lowest BCUT2D eigenvalue weighted by Gasteiger charge is -2.24. The van der Waals surface area contributed by atoms with Gasteiger partial charge in [0.15, 0.2) is 5.96 Å². The standard InChI is InChI=1S/C19H31N7O.HI/c1-3-18-24-23-15-26(18)11-9-20-19(22-14-17-8-6-12-27-17)21-13-16-7-5-10-25(16)4-2;/h6,8,12,15-16H,3-5,7,9-11,13-14H2,1-2H3,(H2,20,21,22);1H. The first-order chi connectivity index (χ1) is 13.3. The highest BCUT2D eigenvalue weighted by Gasteiger charge is 2.22. The van der Waals surface area contributed by atoms with Gasteiger partial charge in [0, 0.05) is 32.1 Å². The molecule has 0 saturated carbocycles. The Labute approximate surface area is 184 Å². The molecule has 2 aromatic heterocycles. The summed E-state index contributed by atoms with van der Waals surface area (Å²) in [5.74, 6) is 2.68. The number of halogens is 1. The van der Waals surface area contributed by atoms with Crippen LogP contribution in [-0.4, -0.2) is 57.8 Å². The smallest absolute Gasteiger partial charge is 0.191 e. The topological polar surface area (TPSA) is 83.5 Å². The maximum Gasteiger partial charge on any atom is 0.191 e. The van der Waals surface area contributed by atoms with Gasteiger partial charge >= 0.3 is 0 Å². The summed E-state index contributed by atoms with van der Waals surface area (Å²) in [7, 11) is 0. The van der Waals surface area contributed by atoms with Gasteiger partial charge < -0.3 is 19.6 Å². The molecular weight excluding hydrogens is 469 g/mol. The first-order valence-electron chi connectivity index (χ1n) is 9.95. The van der Waals surface area contributed by atoms with Gasteiger partial charge in [-0.05, 0) is 38.1 Å². The summed E-state index contributed by atoms with van der Waals surface area (Å²) in [6.07, 6.45) is 6.87. The van der Waals surface area contributed by atoms with Gasteiger partial charge in [-0.3, -0.25) is 4.90 Å². The molecule has 9 heteroatoms. The van der Waals surface area contributed by atoms with Gasteiger partial charge in [0.2, 0.25) is 0 Å². The number of aliphatic imine (C=N–C) groups is 1. The lowest BCUT2D eigenvalue weighted by molar-refractivity contribution is 0.267. The summed E-state index contributed by atoms with van der Waals surface area (Å²) in [5, 5.41) is 15.1. The van der Waals surface area contributed by atoms with Crippen molar-refractivity contribution in [2.45, 2.75) is 52.2 Å². The molecule has 1 aliphatic rings. The number of guanidine groups is 1. The van der Waals surface area contributed by atoms with Crippen molar-refractivity contribution in [3.8, 4) is 0 Å². The van der Waals surface area contributed by atoms with E-state index >= 15 is 0 Å². The van der Waals surface area contributed by atoms with E-state index in [9.17, 15) is 0 Å². The Hall–Kier alpha value is -1.62. The van der Waals surface area contributed by atoms with Crippen LogP contribution in [0.2, 0.25) is 0 Å². The van der Waals surface area contributed by atoms with E-state index in [1.807, 2.05) is 12.1 Å². The van der Waals surface area contributed by atoms with Gasteiger partial charge in [-0.2, -0.15) is 0 Å². The molecule has 1 atom stereocenters. The zero-order valence-corrected chi connectivity index (χ0v) is 19.1. The van der Waals surface area contributed by atoms with Crippen molar-refractivity contribution in [3.05, 3.63) is 36.3 Å². The number of nitrogens with zero attached hydrogens (tertiary/aromatic N) is 5. The Morgan fingerprint density at radius 2 is 2.25 bits per heavy atom. The van der Waals surface area contributed by atoms with Crippen molar-refractivity contribution in [3.63, 3.8) is 0 Å². The highest BCUT2D eigenvalue weighted by molar-refractivity contribution is 14.0. The van der Waals surface area contributed by atoms with Crippen LogP contribution in [0.25, 0.3) is 0 Å². The highest BCUT2D eigenvalue weighted by Crippen LogP contribution is 2.15. The molecule has 2 aromatic rings. The van der Waals surface area contributed by atoms with Gasteiger partial charge in [-0.15, -0.1) is 34.2 Å². The van der Waals surface area contributed by atoms with Crippen LogP contribution in [0.15, 0.2) is 34.1 Å². The van der Waals surface area contributed by atoms with Crippen molar-refractivity contribution < 1.29 is 4.42 Å². The summed E-state index contributed by atoms with van der Waals surface area (Å²) in [6, 6.07) is 4.42. The van der Waals surface area contributed by atoms with E-state index in [0.717, 1.165) is 50.1 Å². The predicted octanol–water partition coefficient (Wildman–Crippen LogP) is 2.27. The van der Waals surface area contributed by atoms with E-state index in [1.54, 1.807) is 12.6 Å². The molecule has 0 bridgehead atoms. The fourth-order valence-electron chi connectivity index (χ4n) is 3.53. The van der Waals surface area contributed by atoms with E-state index < -0.39 is 0 Å². The zero-order chi connectivity index (χ0) is 18.9. The SMILES string of the molecule is CCc1nncn1CCNC(=NCc1ccco1)NCC1CCCN1CC.I. The van der Waals surface area contributed by atoms with Crippen LogP contribution in [0.4, 0.5) is 0 Å². The van der Waals surface area contributed by atoms with Crippen LogP contribution in [0.1, 0.15) is 38.3 Å². The van der Waals surface area contributed by atoms with E-state index in [4.69, 9.17) is 4.42 Å². The first-order valence-corrected chi connectivity index (χ1v) is 9.95. The molecule has 8 nitrogen and oxygen atoms in total. The normalized spacial score (nSPS) is 17.5. The van der Waals surface area contributed by atoms with Gasteiger partial charge in [0.05, 0.1) is 6.26 Å². The third-order valence-corrected chi connectivity index (χ3v) is 5.04. The molecule has 156 valence electrons. The second kappa shape index (κ2) is 12.1. The zero-order valence-electron chi connectivity index (χ0n) is 16.8. The molecule has 1 unspecified atom stereocenters. The summed E-state index contributed by atoms with van der Waals surface area (Å²) in [4.78, 5) is 7.21. The van der Waals surface area contributed by atoms with Gasteiger partial charge in [0.25, 0.3) is 0 Å². The summed E-state index contributed by atoms with van der Waals surface area (Å²) in [6.45, 7) is 9.62. The molecule has 2 N–H and O–H groups in total. The molecule has 0 aliphatic carbocycles. The first kappa shape index (κ1) is 22.7. The van der Waals surface area contributed by atoms with E-state index in [1.165, 1.54) is 19.4 Å². The molecule has 1 aliphatic heterocycles. The van der Waals surface area contributed by atoms with Crippen LogP contribution < -0.4 is 10.6 Å². The molecule has 1 fully saturated rings.